The molecule has 0 aromatic carbocycles. The maximum absolute atomic E-state index is 6.36. The molecule has 3 heteroatoms. The van der Waals surface area contributed by atoms with E-state index in [1.807, 2.05) is 0 Å². The van der Waals surface area contributed by atoms with E-state index in [1.165, 1.54) is 25.7 Å². The molecule has 0 saturated heterocycles. The Hall–Kier alpha value is -0.120. The lowest BCUT2D eigenvalue weighted by atomic mass is 9.79. The van der Waals surface area contributed by atoms with Crippen LogP contribution in [0, 0.1) is 11.8 Å². The summed E-state index contributed by atoms with van der Waals surface area (Å²) in [6, 6.07) is 0.500. The van der Waals surface area contributed by atoms with E-state index in [9.17, 15) is 0 Å². The molecule has 0 heterocycles. The molecule has 2 fully saturated rings. The van der Waals surface area contributed by atoms with Crippen LogP contribution in [-0.2, 0) is 9.47 Å². The monoisotopic (exact) mass is 283 g/mol. The molecule has 0 aliphatic heterocycles. The van der Waals surface area contributed by atoms with Crippen LogP contribution in [0.5, 0.6) is 0 Å². The quantitative estimate of drug-likeness (QED) is 0.777. The molecule has 0 amide bonds. The molecular weight excluding hydrogens is 250 g/mol. The summed E-state index contributed by atoms with van der Waals surface area (Å²) >= 11 is 0. The normalized spacial score (nSPS) is 41.4. The standard InChI is InChI=1S/C17H33NO2/c1-5-9-18-15-11-16(17(15)19-6-2)20-14-8-7-12(3)13(4)10-14/h12-18H,5-11H2,1-4H3. The zero-order chi connectivity index (χ0) is 14.5. The minimum Gasteiger partial charge on any atom is -0.374 e. The van der Waals surface area contributed by atoms with Gasteiger partial charge in [-0.3, -0.25) is 0 Å². The topological polar surface area (TPSA) is 30.5 Å². The van der Waals surface area contributed by atoms with Gasteiger partial charge in [0.1, 0.15) is 0 Å². The molecule has 6 unspecified atom stereocenters. The summed E-state index contributed by atoms with van der Waals surface area (Å²) in [6.07, 6.45) is 7.11. The van der Waals surface area contributed by atoms with Gasteiger partial charge in [-0.1, -0.05) is 20.8 Å². The molecule has 0 bridgehead atoms. The molecule has 0 radical (unpaired) electrons. The minimum atomic E-state index is 0.265. The molecule has 2 aliphatic carbocycles. The maximum Gasteiger partial charge on any atom is 0.0990 e. The van der Waals surface area contributed by atoms with Crippen LogP contribution in [0.1, 0.15) is 59.8 Å². The Morgan fingerprint density at radius 1 is 1.05 bits per heavy atom. The van der Waals surface area contributed by atoms with Crippen LogP contribution >= 0.6 is 0 Å². The molecule has 2 aliphatic rings. The van der Waals surface area contributed by atoms with Crippen LogP contribution < -0.4 is 5.32 Å². The average molecular weight is 283 g/mol. The van der Waals surface area contributed by atoms with Gasteiger partial charge in [0.2, 0.25) is 0 Å². The lowest BCUT2D eigenvalue weighted by Crippen LogP contribution is -2.61. The molecule has 0 aromatic rings. The van der Waals surface area contributed by atoms with E-state index >= 15 is 0 Å². The maximum atomic E-state index is 6.36. The summed E-state index contributed by atoms with van der Waals surface area (Å²) < 4.78 is 12.3. The van der Waals surface area contributed by atoms with Crippen molar-refractivity contribution in [2.24, 2.45) is 11.8 Å². The van der Waals surface area contributed by atoms with Crippen molar-refractivity contribution in [1.82, 2.24) is 5.32 Å². The van der Waals surface area contributed by atoms with Crippen molar-refractivity contribution in [2.45, 2.75) is 84.2 Å². The van der Waals surface area contributed by atoms with E-state index in [1.54, 1.807) is 0 Å². The summed E-state index contributed by atoms with van der Waals surface area (Å²) in [6.45, 7) is 10.9. The Bertz CT molecular complexity index is 284. The van der Waals surface area contributed by atoms with Gasteiger partial charge >= 0.3 is 0 Å². The van der Waals surface area contributed by atoms with Gasteiger partial charge in [-0.2, -0.15) is 0 Å². The smallest absolute Gasteiger partial charge is 0.0990 e. The second-order valence-corrected chi connectivity index (χ2v) is 6.78. The fourth-order valence-electron chi connectivity index (χ4n) is 3.53. The molecule has 6 atom stereocenters. The minimum absolute atomic E-state index is 0.265. The third-order valence-corrected chi connectivity index (χ3v) is 5.18. The van der Waals surface area contributed by atoms with Crippen LogP contribution in [0.15, 0.2) is 0 Å². The van der Waals surface area contributed by atoms with Gasteiger partial charge in [0.15, 0.2) is 0 Å². The molecule has 2 rings (SSSR count). The molecular formula is C17H33NO2. The van der Waals surface area contributed by atoms with Crippen molar-refractivity contribution >= 4 is 0 Å². The van der Waals surface area contributed by atoms with Crippen molar-refractivity contribution < 1.29 is 9.47 Å². The van der Waals surface area contributed by atoms with Crippen molar-refractivity contribution in [3.05, 3.63) is 0 Å². The average Bonchev–Trinajstić information content (AvgIpc) is 2.43. The molecule has 20 heavy (non-hydrogen) atoms. The molecule has 2 saturated carbocycles. The van der Waals surface area contributed by atoms with E-state index in [0.717, 1.165) is 31.4 Å². The second kappa shape index (κ2) is 7.77. The molecule has 0 aromatic heterocycles. The predicted octanol–water partition coefficient (Wildman–Crippen LogP) is 3.37. The van der Waals surface area contributed by atoms with Gasteiger partial charge in [0, 0.05) is 12.6 Å². The van der Waals surface area contributed by atoms with Crippen LogP contribution in [0.3, 0.4) is 0 Å². The first-order chi connectivity index (χ1) is 9.65. The number of hydrogen-bond acceptors (Lipinski definition) is 3. The van der Waals surface area contributed by atoms with Gasteiger partial charge in [0.25, 0.3) is 0 Å². The lowest BCUT2D eigenvalue weighted by molar-refractivity contribution is -0.174. The van der Waals surface area contributed by atoms with E-state index < -0.39 is 0 Å². The zero-order valence-electron chi connectivity index (χ0n) is 13.7. The Labute approximate surface area is 124 Å². The summed E-state index contributed by atoms with van der Waals surface area (Å²) in [5.41, 5.74) is 0. The van der Waals surface area contributed by atoms with Crippen LogP contribution in [0.25, 0.3) is 0 Å². The summed E-state index contributed by atoms with van der Waals surface area (Å²) in [5.74, 6) is 1.66. The first-order valence-electron chi connectivity index (χ1n) is 8.66. The fraction of sp³-hybridized carbons (Fsp3) is 1.00. The summed E-state index contributed by atoms with van der Waals surface area (Å²) in [5, 5.41) is 3.58. The van der Waals surface area contributed by atoms with Gasteiger partial charge in [-0.15, -0.1) is 0 Å². The first kappa shape index (κ1) is 16.3. The third kappa shape index (κ3) is 3.96. The fourth-order valence-corrected chi connectivity index (χ4v) is 3.53. The second-order valence-electron chi connectivity index (χ2n) is 6.78. The Morgan fingerprint density at radius 2 is 1.85 bits per heavy atom. The van der Waals surface area contributed by atoms with E-state index in [0.29, 0.717) is 18.2 Å². The highest BCUT2D eigenvalue weighted by molar-refractivity contribution is 4.98. The van der Waals surface area contributed by atoms with E-state index in [2.05, 4.69) is 33.0 Å². The molecule has 0 spiro atoms. The zero-order valence-corrected chi connectivity index (χ0v) is 13.7. The van der Waals surface area contributed by atoms with Gasteiger partial charge < -0.3 is 14.8 Å². The number of ether oxygens (including phenoxy) is 2. The number of hydrogen-bond donors (Lipinski definition) is 1. The van der Waals surface area contributed by atoms with Crippen LogP contribution in [-0.4, -0.2) is 37.5 Å². The summed E-state index contributed by atoms with van der Waals surface area (Å²) in [4.78, 5) is 0. The van der Waals surface area contributed by atoms with Gasteiger partial charge in [-0.05, 0) is 57.4 Å². The highest BCUT2D eigenvalue weighted by atomic mass is 16.6. The third-order valence-electron chi connectivity index (χ3n) is 5.18. The first-order valence-corrected chi connectivity index (χ1v) is 8.66. The number of rotatable bonds is 7. The Kier molecular flexibility index (Phi) is 6.31. The largest absolute Gasteiger partial charge is 0.374 e. The highest BCUT2D eigenvalue weighted by Crippen LogP contribution is 2.35. The van der Waals surface area contributed by atoms with Crippen molar-refractivity contribution in [3.63, 3.8) is 0 Å². The number of nitrogens with one attached hydrogen (secondary N) is 1. The summed E-state index contributed by atoms with van der Waals surface area (Å²) in [7, 11) is 0. The Morgan fingerprint density at radius 3 is 2.50 bits per heavy atom. The molecule has 118 valence electrons. The van der Waals surface area contributed by atoms with Crippen molar-refractivity contribution in [1.29, 1.82) is 0 Å². The molecule has 3 nitrogen and oxygen atoms in total. The van der Waals surface area contributed by atoms with Gasteiger partial charge in [0.05, 0.1) is 18.3 Å². The van der Waals surface area contributed by atoms with Crippen LogP contribution in [0.2, 0.25) is 0 Å². The van der Waals surface area contributed by atoms with Crippen molar-refractivity contribution in [2.75, 3.05) is 13.2 Å². The Balaban J connectivity index is 1.77. The highest BCUT2D eigenvalue weighted by Gasteiger charge is 2.43. The lowest BCUT2D eigenvalue weighted by Gasteiger charge is -2.46. The van der Waals surface area contributed by atoms with Crippen molar-refractivity contribution in [3.8, 4) is 0 Å². The van der Waals surface area contributed by atoms with Crippen LogP contribution in [0.4, 0.5) is 0 Å². The predicted molar refractivity (Wildman–Crippen MR) is 83.0 cm³/mol. The van der Waals surface area contributed by atoms with Gasteiger partial charge in [-0.25, -0.2) is 0 Å². The van der Waals surface area contributed by atoms with E-state index in [-0.39, 0.29) is 6.10 Å². The molecule has 1 N–H and O–H groups in total. The van der Waals surface area contributed by atoms with E-state index in [4.69, 9.17) is 9.47 Å². The SMILES string of the molecule is CCCNC1CC(OC2CCC(C)C(C)C2)C1OCC.